The van der Waals surface area contributed by atoms with Crippen molar-refractivity contribution < 1.29 is 0 Å². The van der Waals surface area contributed by atoms with Gasteiger partial charge in [-0.05, 0) is 62.8 Å². The first kappa shape index (κ1) is 16.9. The monoisotopic (exact) mass is 293 g/mol. The lowest BCUT2D eigenvalue weighted by Crippen LogP contribution is -2.41. The Balaban J connectivity index is 2.54. The fraction of sp³-hybridized carbons (Fsp3) is 0.562. The Morgan fingerprint density at radius 2 is 1.90 bits per heavy atom. The summed E-state index contributed by atoms with van der Waals surface area (Å²) >= 11 is 5.38. The van der Waals surface area contributed by atoms with Gasteiger partial charge in [-0.1, -0.05) is 26.0 Å². The normalized spacial score (nSPS) is 11.6. The third-order valence-electron chi connectivity index (χ3n) is 3.11. The van der Waals surface area contributed by atoms with Gasteiger partial charge in [0.2, 0.25) is 0 Å². The van der Waals surface area contributed by atoms with E-state index >= 15 is 0 Å². The predicted octanol–water partition coefficient (Wildman–Crippen LogP) is 3.18. The SMILES string of the molecule is Cc1ccc(C)c(NC(=S)NCC(C)(C)CN(C)C)c1. The fourth-order valence-corrected chi connectivity index (χ4v) is 2.45. The van der Waals surface area contributed by atoms with Gasteiger partial charge in [-0.15, -0.1) is 0 Å². The van der Waals surface area contributed by atoms with Crippen molar-refractivity contribution in [2.75, 3.05) is 32.5 Å². The molecule has 0 amide bonds. The highest BCUT2D eigenvalue weighted by molar-refractivity contribution is 7.80. The highest BCUT2D eigenvalue weighted by Gasteiger charge is 2.19. The Morgan fingerprint density at radius 1 is 1.25 bits per heavy atom. The first-order chi connectivity index (χ1) is 9.19. The van der Waals surface area contributed by atoms with Gasteiger partial charge in [0.1, 0.15) is 0 Å². The van der Waals surface area contributed by atoms with Crippen LogP contribution in [-0.2, 0) is 0 Å². The average molecular weight is 293 g/mol. The molecule has 0 aliphatic rings. The van der Waals surface area contributed by atoms with Crippen molar-refractivity contribution in [2.45, 2.75) is 27.7 Å². The molecule has 1 aromatic rings. The van der Waals surface area contributed by atoms with E-state index < -0.39 is 0 Å². The topological polar surface area (TPSA) is 27.3 Å². The van der Waals surface area contributed by atoms with Crippen molar-refractivity contribution in [1.82, 2.24) is 10.2 Å². The van der Waals surface area contributed by atoms with Gasteiger partial charge in [0.05, 0.1) is 0 Å². The van der Waals surface area contributed by atoms with Crippen LogP contribution >= 0.6 is 12.2 Å². The molecule has 4 heteroatoms. The minimum absolute atomic E-state index is 0.177. The van der Waals surface area contributed by atoms with Gasteiger partial charge < -0.3 is 15.5 Å². The Morgan fingerprint density at radius 3 is 2.50 bits per heavy atom. The smallest absolute Gasteiger partial charge is 0.170 e. The summed E-state index contributed by atoms with van der Waals surface area (Å²) in [5.74, 6) is 0. The fourth-order valence-electron chi connectivity index (χ4n) is 2.27. The van der Waals surface area contributed by atoms with E-state index in [-0.39, 0.29) is 5.41 Å². The van der Waals surface area contributed by atoms with Crippen LogP contribution in [0.15, 0.2) is 18.2 Å². The molecule has 0 aliphatic carbocycles. The summed E-state index contributed by atoms with van der Waals surface area (Å²) in [6.07, 6.45) is 0. The maximum Gasteiger partial charge on any atom is 0.170 e. The summed E-state index contributed by atoms with van der Waals surface area (Å²) in [7, 11) is 4.18. The molecule has 0 saturated carbocycles. The number of nitrogens with zero attached hydrogens (tertiary/aromatic N) is 1. The van der Waals surface area contributed by atoms with Gasteiger partial charge in [0.25, 0.3) is 0 Å². The average Bonchev–Trinajstić information content (AvgIpc) is 2.30. The van der Waals surface area contributed by atoms with E-state index in [0.717, 1.165) is 18.8 Å². The van der Waals surface area contributed by atoms with Gasteiger partial charge in [-0.2, -0.15) is 0 Å². The lowest BCUT2D eigenvalue weighted by atomic mass is 9.93. The standard InChI is InChI=1S/C16H27N3S/c1-12-7-8-13(2)14(9-12)18-15(20)17-10-16(3,4)11-19(5)6/h7-9H,10-11H2,1-6H3,(H2,17,18,20). The second-order valence-electron chi connectivity index (χ2n) is 6.53. The summed E-state index contributed by atoms with van der Waals surface area (Å²) in [5, 5.41) is 7.29. The van der Waals surface area contributed by atoms with Crippen LogP contribution in [0.25, 0.3) is 0 Å². The molecule has 2 N–H and O–H groups in total. The quantitative estimate of drug-likeness (QED) is 0.816. The highest BCUT2D eigenvalue weighted by Crippen LogP contribution is 2.17. The maximum atomic E-state index is 5.38. The van der Waals surface area contributed by atoms with E-state index in [0.29, 0.717) is 5.11 Å². The van der Waals surface area contributed by atoms with Crippen LogP contribution < -0.4 is 10.6 Å². The van der Waals surface area contributed by atoms with Crippen LogP contribution in [-0.4, -0.2) is 37.2 Å². The predicted molar refractivity (Wildman–Crippen MR) is 92.5 cm³/mol. The van der Waals surface area contributed by atoms with Gasteiger partial charge in [0, 0.05) is 18.8 Å². The minimum Gasteiger partial charge on any atom is -0.362 e. The van der Waals surface area contributed by atoms with E-state index in [1.54, 1.807) is 0 Å². The van der Waals surface area contributed by atoms with Gasteiger partial charge in [-0.3, -0.25) is 0 Å². The number of aryl methyl sites for hydroxylation is 2. The molecule has 0 saturated heterocycles. The van der Waals surface area contributed by atoms with Crippen molar-refractivity contribution in [1.29, 1.82) is 0 Å². The molecule has 3 nitrogen and oxygen atoms in total. The van der Waals surface area contributed by atoms with Crippen molar-refractivity contribution in [3.8, 4) is 0 Å². The number of anilines is 1. The number of nitrogens with one attached hydrogen (secondary N) is 2. The molecule has 0 unspecified atom stereocenters. The second kappa shape index (κ2) is 7.04. The lowest BCUT2D eigenvalue weighted by Gasteiger charge is -2.29. The summed E-state index contributed by atoms with van der Waals surface area (Å²) < 4.78 is 0. The van der Waals surface area contributed by atoms with E-state index in [1.807, 2.05) is 0 Å². The number of hydrogen-bond acceptors (Lipinski definition) is 2. The zero-order chi connectivity index (χ0) is 15.3. The van der Waals surface area contributed by atoms with E-state index in [4.69, 9.17) is 12.2 Å². The molecule has 112 valence electrons. The van der Waals surface area contributed by atoms with Gasteiger partial charge in [-0.25, -0.2) is 0 Å². The number of rotatable bonds is 5. The molecule has 0 fully saturated rings. The van der Waals surface area contributed by atoms with Gasteiger partial charge in [0.15, 0.2) is 5.11 Å². The lowest BCUT2D eigenvalue weighted by molar-refractivity contribution is 0.242. The molecule has 0 aromatic heterocycles. The molecular formula is C16H27N3S. The van der Waals surface area contributed by atoms with Crippen LogP contribution in [0, 0.1) is 19.3 Å². The molecular weight excluding hydrogens is 266 g/mol. The molecule has 1 rings (SSSR count). The van der Waals surface area contributed by atoms with Crippen molar-refractivity contribution in [2.24, 2.45) is 5.41 Å². The van der Waals surface area contributed by atoms with E-state index in [2.05, 4.69) is 75.5 Å². The molecule has 0 aliphatic heterocycles. The number of benzene rings is 1. The Labute approximate surface area is 128 Å². The second-order valence-corrected chi connectivity index (χ2v) is 6.94. The van der Waals surface area contributed by atoms with Crippen LogP contribution in [0.1, 0.15) is 25.0 Å². The van der Waals surface area contributed by atoms with E-state index in [9.17, 15) is 0 Å². The highest BCUT2D eigenvalue weighted by atomic mass is 32.1. The summed E-state index contributed by atoms with van der Waals surface area (Å²) in [6, 6.07) is 6.34. The third kappa shape index (κ3) is 5.88. The Hall–Kier alpha value is -1.13. The largest absolute Gasteiger partial charge is 0.362 e. The molecule has 0 bridgehead atoms. The maximum absolute atomic E-state index is 5.38. The molecule has 20 heavy (non-hydrogen) atoms. The van der Waals surface area contributed by atoms with Gasteiger partial charge >= 0.3 is 0 Å². The summed E-state index contributed by atoms with van der Waals surface area (Å²) in [4.78, 5) is 2.20. The molecule has 1 aromatic carbocycles. The van der Waals surface area contributed by atoms with Crippen LogP contribution in [0.4, 0.5) is 5.69 Å². The van der Waals surface area contributed by atoms with Crippen molar-refractivity contribution in [3.63, 3.8) is 0 Å². The first-order valence-electron chi connectivity index (χ1n) is 6.96. The zero-order valence-corrected chi connectivity index (χ0v) is 14.3. The molecule has 0 heterocycles. The van der Waals surface area contributed by atoms with Crippen LogP contribution in [0.2, 0.25) is 0 Å². The first-order valence-corrected chi connectivity index (χ1v) is 7.37. The summed E-state index contributed by atoms with van der Waals surface area (Å²) in [6.45, 7) is 10.5. The summed E-state index contributed by atoms with van der Waals surface area (Å²) in [5.41, 5.74) is 3.69. The van der Waals surface area contributed by atoms with Crippen molar-refractivity contribution >= 4 is 23.0 Å². The Bertz CT molecular complexity index is 467. The third-order valence-corrected chi connectivity index (χ3v) is 3.36. The number of hydrogen-bond donors (Lipinski definition) is 2. The molecule has 0 radical (unpaired) electrons. The van der Waals surface area contributed by atoms with Crippen molar-refractivity contribution in [3.05, 3.63) is 29.3 Å². The van der Waals surface area contributed by atoms with Crippen LogP contribution in [0.5, 0.6) is 0 Å². The van der Waals surface area contributed by atoms with Crippen LogP contribution in [0.3, 0.4) is 0 Å². The number of thiocarbonyl (C=S) groups is 1. The molecule has 0 atom stereocenters. The molecule has 0 spiro atoms. The zero-order valence-electron chi connectivity index (χ0n) is 13.5. The minimum atomic E-state index is 0.177. The Kier molecular flexibility index (Phi) is 5.96. The van der Waals surface area contributed by atoms with E-state index in [1.165, 1.54) is 11.1 Å².